The molecule has 0 spiro atoms. The van der Waals surface area contributed by atoms with Crippen molar-refractivity contribution in [3.63, 3.8) is 0 Å². The minimum Gasteiger partial charge on any atom is -0.406 e. The number of aryl methyl sites for hydroxylation is 1. The molecule has 0 aliphatic carbocycles. The molecule has 17 heavy (non-hydrogen) atoms. The summed E-state index contributed by atoms with van der Waals surface area (Å²) >= 11 is 0. The lowest BCUT2D eigenvalue weighted by molar-refractivity contribution is -0.274. The SMILES string of the molecule is Cc1c[nH]c(-c2ccc(OC(F)(F)F)cc2)c1. The monoisotopic (exact) mass is 241 g/mol. The summed E-state index contributed by atoms with van der Waals surface area (Å²) in [5, 5.41) is 0. The molecular weight excluding hydrogens is 231 g/mol. The summed E-state index contributed by atoms with van der Waals surface area (Å²) in [6.45, 7) is 1.93. The Hall–Kier alpha value is -1.91. The smallest absolute Gasteiger partial charge is 0.406 e. The number of aromatic amines is 1. The van der Waals surface area contributed by atoms with E-state index in [-0.39, 0.29) is 5.75 Å². The molecular formula is C12H10F3NO. The maximum absolute atomic E-state index is 11.9. The molecule has 1 aromatic heterocycles. The number of ether oxygens (including phenoxy) is 1. The van der Waals surface area contributed by atoms with E-state index >= 15 is 0 Å². The summed E-state index contributed by atoms with van der Waals surface area (Å²) < 4.78 is 39.6. The molecule has 0 saturated carbocycles. The molecule has 1 N–H and O–H groups in total. The maximum atomic E-state index is 11.9. The van der Waals surface area contributed by atoms with Gasteiger partial charge in [0.2, 0.25) is 0 Å². The molecule has 5 heteroatoms. The predicted molar refractivity (Wildman–Crippen MR) is 57.6 cm³/mol. The van der Waals surface area contributed by atoms with Crippen LogP contribution >= 0.6 is 0 Å². The Morgan fingerprint density at radius 2 is 1.76 bits per heavy atom. The second-order valence-corrected chi connectivity index (χ2v) is 3.66. The Labute approximate surface area is 96.0 Å². The summed E-state index contributed by atoms with van der Waals surface area (Å²) in [4.78, 5) is 3.03. The molecule has 0 atom stereocenters. The minimum absolute atomic E-state index is 0.218. The second-order valence-electron chi connectivity index (χ2n) is 3.66. The largest absolute Gasteiger partial charge is 0.573 e. The number of alkyl halides is 3. The molecule has 1 heterocycles. The molecule has 90 valence electrons. The quantitative estimate of drug-likeness (QED) is 0.847. The van der Waals surface area contributed by atoms with Gasteiger partial charge in [-0.1, -0.05) is 0 Å². The van der Waals surface area contributed by atoms with E-state index in [4.69, 9.17) is 0 Å². The van der Waals surface area contributed by atoms with E-state index in [9.17, 15) is 13.2 Å². The molecule has 0 bridgehead atoms. The molecule has 0 amide bonds. The molecule has 2 rings (SSSR count). The van der Waals surface area contributed by atoms with Crippen molar-refractivity contribution in [2.45, 2.75) is 13.3 Å². The van der Waals surface area contributed by atoms with Gasteiger partial charge in [0, 0.05) is 11.9 Å². The number of hydrogen-bond acceptors (Lipinski definition) is 1. The van der Waals surface area contributed by atoms with Gasteiger partial charge in [-0.25, -0.2) is 0 Å². The number of halogens is 3. The van der Waals surface area contributed by atoms with Crippen LogP contribution in [0.4, 0.5) is 13.2 Å². The zero-order valence-electron chi connectivity index (χ0n) is 9.01. The van der Waals surface area contributed by atoms with Crippen molar-refractivity contribution in [1.82, 2.24) is 4.98 Å². The highest BCUT2D eigenvalue weighted by Gasteiger charge is 2.30. The standard InChI is InChI=1S/C12H10F3NO/c1-8-6-11(16-7-8)9-2-4-10(5-3-9)17-12(13,14)15/h2-7,16H,1H3. The lowest BCUT2D eigenvalue weighted by Gasteiger charge is -2.08. The topological polar surface area (TPSA) is 25.0 Å². The van der Waals surface area contributed by atoms with Crippen molar-refractivity contribution in [2.24, 2.45) is 0 Å². The number of H-pyrrole nitrogens is 1. The van der Waals surface area contributed by atoms with Crippen LogP contribution in [-0.2, 0) is 0 Å². The molecule has 0 saturated heterocycles. The zero-order chi connectivity index (χ0) is 12.5. The third-order valence-electron chi connectivity index (χ3n) is 2.23. The van der Waals surface area contributed by atoms with Crippen LogP contribution in [-0.4, -0.2) is 11.3 Å². The van der Waals surface area contributed by atoms with E-state index in [0.29, 0.717) is 0 Å². The van der Waals surface area contributed by atoms with Crippen LogP contribution in [0.5, 0.6) is 5.75 Å². The van der Waals surface area contributed by atoms with Crippen LogP contribution in [0.2, 0.25) is 0 Å². The van der Waals surface area contributed by atoms with Crippen molar-refractivity contribution in [3.05, 3.63) is 42.1 Å². The van der Waals surface area contributed by atoms with Gasteiger partial charge >= 0.3 is 6.36 Å². The first-order valence-corrected chi connectivity index (χ1v) is 4.95. The summed E-state index contributed by atoms with van der Waals surface area (Å²) in [6, 6.07) is 7.65. The van der Waals surface area contributed by atoms with E-state index < -0.39 is 6.36 Å². The summed E-state index contributed by atoms with van der Waals surface area (Å²) in [5.41, 5.74) is 2.74. The average Bonchev–Trinajstić information content (AvgIpc) is 2.63. The fourth-order valence-corrected chi connectivity index (χ4v) is 1.51. The first kappa shape index (κ1) is 11.6. The Bertz CT molecular complexity index is 499. The van der Waals surface area contributed by atoms with Crippen LogP contribution in [0.15, 0.2) is 36.5 Å². The summed E-state index contributed by atoms with van der Waals surface area (Å²) in [7, 11) is 0. The highest BCUT2D eigenvalue weighted by Crippen LogP contribution is 2.26. The summed E-state index contributed by atoms with van der Waals surface area (Å²) in [5.74, 6) is -0.218. The molecule has 0 unspecified atom stereocenters. The van der Waals surface area contributed by atoms with Crippen LogP contribution < -0.4 is 4.74 Å². The number of benzene rings is 1. The van der Waals surface area contributed by atoms with E-state index in [1.807, 2.05) is 19.2 Å². The van der Waals surface area contributed by atoms with E-state index in [1.54, 1.807) is 12.1 Å². The first-order valence-electron chi connectivity index (χ1n) is 4.95. The Morgan fingerprint density at radius 3 is 2.24 bits per heavy atom. The highest BCUT2D eigenvalue weighted by atomic mass is 19.4. The molecule has 1 aromatic carbocycles. The van der Waals surface area contributed by atoms with E-state index in [2.05, 4.69) is 9.72 Å². The average molecular weight is 241 g/mol. The second kappa shape index (κ2) is 4.16. The lowest BCUT2D eigenvalue weighted by atomic mass is 10.1. The minimum atomic E-state index is -4.65. The Morgan fingerprint density at radius 1 is 1.12 bits per heavy atom. The van der Waals surface area contributed by atoms with Gasteiger partial charge in [0.25, 0.3) is 0 Å². The third-order valence-corrected chi connectivity index (χ3v) is 2.23. The van der Waals surface area contributed by atoms with Crippen molar-refractivity contribution in [1.29, 1.82) is 0 Å². The van der Waals surface area contributed by atoms with E-state index in [1.165, 1.54) is 12.1 Å². The molecule has 2 nitrogen and oxygen atoms in total. The first-order chi connectivity index (χ1) is 7.94. The van der Waals surface area contributed by atoms with Gasteiger partial charge in [0.1, 0.15) is 5.75 Å². The number of rotatable bonds is 2. The predicted octanol–water partition coefficient (Wildman–Crippen LogP) is 3.89. The van der Waals surface area contributed by atoms with Crippen molar-refractivity contribution in [3.8, 4) is 17.0 Å². The van der Waals surface area contributed by atoms with E-state index in [0.717, 1.165) is 16.8 Å². The number of nitrogens with one attached hydrogen (secondary N) is 1. The third kappa shape index (κ3) is 3.03. The van der Waals surface area contributed by atoms with Gasteiger partial charge in [-0.2, -0.15) is 0 Å². The van der Waals surface area contributed by atoms with Gasteiger partial charge in [-0.05, 0) is 48.4 Å². The van der Waals surface area contributed by atoms with Crippen LogP contribution in [0.25, 0.3) is 11.3 Å². The van der Waals surface area contributed by atoms with Crippen molar-refractivity contribution in [2.75, 3.05) is 0 Å². The number of aromatic nitrogens is 1. The van der Waals surface area contributed by atoms with Gasteiger partial charge in [-0.15, -0.1) is 13.2 Å². The number of hydrogen-bond donors (Lipinski definition) is 1. The molecule has 0 radical (unpaired) electrons. The summed E-state index contributed by atoms with van der Waals surface area (Å²) in [6.07, 6.45) is -2.82. The molecule has 0 aliphatic heterocycles. The van der Waals surface area contributed by atoms with Crippen LogP contribution in [0, 0.1) is 6.92 Å². The van der Waals surface area contributed by atoms with Gasteiger partial charge in [-0.3, -0.25) is 0 Å². The normalized spacial score (nSPS) is 11.5. The van der Waals surface area contributed by atoms with Crippen LogP contribution in [0.1, 0.15) is 5.56 Å². The van der Waals surface area contributed by atoms with Crippen molar-refractivity contribution >= 4 is 0 Å². The Balaban J connectivity index is 2.19. The lowest BCUT2D eigenvalue weighted by Crippen LogP contribution is -2.16. The fourth-order valence-electron chi connectivity index (χ4n) is 1.51. The van der Waals surface area contributed by atoms with Crippen molar-refractivity contribution < 1.29 is 17.9 Å². The maximum Gasteiger partial charge on any atom is 0.573 e. The molecule has 0 aliphatic rings. The fraction of sp³-hybridized carbons (Fsp3) is 0.167. The molecule has 0 fully saturated rings. The highest BCUT2D eigenvalue weighted by molar-refractivity contribution is 5.61. The molecule has 2 aromatic rings. The van der Waals surface area contributed by atoms with Gasteiger partial charge in [0.05, 0.1) is 0 Å². The zero-order valence-corrected chi connectivity index (χ0v) is 9.01. The van der Waals surface area contributed by atoms with Crippen LogP contribution in [0.3, 0.4) is 0 Å². The van der Waals surface area contributed by atoms with Gasteiger partial charge in [0.15, 0.2) is 0 Å². The van der Waals surface area contributed by atoms with Gasteiger partial charge < -0.3 is 9.72 Å². The Kier molecular flexibility index (Phi) is 2.83.